The van der Waals surface area contributed by atoms with E-state index in [9.17, 15) is 18.3 Å². The summed E-state index contributed by atoms with van der Waals surface area (Å²) in [5, 5.41) is 13.5. The second kappa shape index (κ2) is 13.1. The van der Waals surface area contributed by atoms with E-state index in [0.29, 0.717) is 70.1 Å². The molecule has 0 unspecified atom stereocenters. The average molecular weight is 719 g/mol. The van der Waals surface area contributed by atoms with Crippen LogP contribution in [0.4, 0.5) is 0 Å². The standard InChI is InChI=1S/C44H66N2O4S/c1-30(2)33-15-20-44(29-45-23-8-24-46-25-27-51(49,50)28-26-46)22-21-42(6)35(38(33)44)13-14-37-41(5)18-16-34(31-9-11-32(12-10-31)39(47)48)40(3,4)36(41)17-19-43(37,42)7/h9-12,16,33,35-38,45H,1,8,13-15,17-29H2,2-7H3,(H,47,48)/t33-,35+,36-,37+,38+,41-,42+,43+,44+/m0/s1. The van der Waals surface area contributed by atoms with Crippen molar-refractivity contribution in [1.82, 2.24) is 10.2 Å². The Morgan fingerprint density at radius 3 is 2.29 bits per heavy atom. The summed E-state index contributed by atoms with van der Waals surface area (Å²) < 4.78 is 23.8. The topological polar surface area (TPSA) is 86.7 Å². The third-order valence-corrected chi connectivity index (χ3v) is 18.6. The number of hydrogen-bond acceptors (Lipinski definition) is 5. The summed E-state index contributed by atoms with van der Waals surface area (Å²) in [6, 6.07) is 7.61. The molecule has 6 aliphatic rings. The van der Waals surface area contributed by atoms with Gasteiger partial charge in [-0.05, 0) is 164 Å². The summed E-state index contributed by atoms with van der Waals surface area (Å²) in [7, 11) is -2.83. The van der Waals surface area contributed by atoms with Crippen molar-refractivity contribution >= 4 is 21.4 Å². The quantitative estimate of drug-likeness (QED) is 0.196. The van der Waals surface area contributed by atoms with Crippen LogP contribution in [0, 0.1) is 56.7 Å². The fourth-order valence-corrected chi connectivity index (χ4v) is 15.5. The van der Waals surface area contributed by atoms with Crippen molar-refractivity contribution in [3.8, 4) is 0 Å². The van der Waals surface area contributed by atoms with Crippen LogP contribution in [0.1, 0.15) is 122 Å². The van der Waals surface area contributed by atoms with Gasteiger partial charge in [-0.15, -0.1) is 0 Å². The molecule has 1 saturated heterocycles. The highest BCUT2D eigenvalue weighted by atomic mass is 32.2. The van der Waals surface area contributed by atoms with Crippen LogP contribution in [-0.2, 0) is 9.84 Å². The average Bonchev–Trinajstić information content (AvgIpc) is 3.45. The van der Waals surface area contributed by atoms with E-state index in [1.54, 1.807) is 12.1 Å². The van der Waals surface area contributed by atoms with E-state index in [1.807, 2.05) is 12.1 Å². The highest BCUT2D eigenvalue weighted by Gasteiger charge is 2.70. The number of allylic oxidation sites excluding steroid dienone is 3. The molecule has 9 atom stereocenters. The van der Waals surface area contributed by atoms with Gasteiger partial charge in [0.2, 0.25) is 0 Å². The zero-order valence-corrected chi connectivity index (χ0v) is 33.3. The largest absolute Gasteiger partial charge is 0.478 e. The zero-order chi connectivity index (χ0) is 36.6. The monoisotopic (exact) mass is 718 g/mol. The number of benzene rings is 1. The molecule has 1 heterocycles. The van der Waals surface area contributed by atoms with Crippen LogP contribution < -0.4 is 5.32 Å². The normalized spacial score (nSPS) is 41.4. The van der Waals surface area contributed by atoms with Crippen molar-refractivity contribution < 1.29 is 18.3 Å². The minimum absolute atomic E-state index is 0.0203. The van der Waals surface area contributed by atoms with Crippen molar-refractivity contribution in [2.24, 2.45) is 56.7 Å². The van der Waals surface area contributed by atoms with Gasteiger partial charge in [-0.25, -0.2) is 13.2 Å². The number of rotatable bonds is 9. The molecule has 0 spiro atoms. The first-order chi connectivity index (χ1) is 24.0. The third-order valence-electron chi connectivity index (χ3n) is 17.0. The number of aromatic carboxylic acids is 1. The molecule has 0 aromatic heterocycles. The van der Waals surface area contributed by atoms with Crippen LogP contribution in [0.3, 0.4) is 0 Å². The van der Waals surface area contributed by atoms with Gasteiger partial charge >= 0.3 is 5.97 Å². The molecule has 0 amide bonds. The number of fused-ring (bicyclic) bond motifs is 7. The molecular formula is C44H66N2O4S. The Morgan fingerprint density at radius 2 is 1.63 bits per heavy atom. The molecule has 7 rings (SSSR count). The smallest absolute Gasteiger partial charge is 0.335 e. The van der Waals surface area contributed by atoms with E-state index in [-0.39, 0.29) is 10.8 Å². The van der Waals surface area contributed by atoms with E-state index in [2.05, 4.69) is 64.4 Å². The van der Waals surface area contributed by atoms with E-state index >= 15 is 0 Å². The first-order valence-corrected chi connectivity index (χ1v) is 22.1. The molecule has 7 heteroatoms. The van der Waals surface area contributed by atoms with Crippen molar-refractivity contribution in [1.29, 1.82) is 0 Å². The van der Waals surface area contributed by atoms with Crippen LogP contribution in [0.25, 0.3) is 5.57 Å². The highest BCUT2D eigenvalue weighted by molar-refractivity contribution is 7.91. The molecule has 1 aromatic rings. The van der Waals surface area contributed by atoms with E-state index in [0.717, 1.165) is 38.4 Å². The first kappa shape index (κ1) is 37.4. The van der Waals surface area contributed by atoms with Crippen LogP contribution in [0.2, 0.25) is 0 Å². The maximum absolute atomic E-state index is 11.9. The Balaban J connectivity index is 1.09. The van der Waals surface area contributed by atoms with Gasteiger partial charge in [0.1, 0.15) is 0 Å². The van der Waals surface area contributed by atoms with E-state index in [1.165, 1.54) is 68.1 Å². The minimum Gasteiger partial charge on any atom is -0.478 e. The number of carboxylic acids is 1. The molecule has 51 heavy (non-hydrogen) atoms. The van der Waals surface area contributed by atoms with Gasteiger partial charge in [-0.1, -0.05) is 65.0 Å². The third kappa shape index (κ3) is 6.02. The Morgan fingerprint density at radius 1 is 0.922 bits per heavy atom. The molecule has 2 N–H and O–H groups in total. The van der Waals surface area contributed by atoms with Gasteiger partial charge in [-0.2, -0.15) is 0 Å². The summed E-state index contributed by atoms with van der Waals surface area (Å²) >= 11 is 0. The summed E-state index contributed by atoms with van der Waals surface area (Å²) in [5.74, 6) is 3.08. The van der Waals surface area contributed by atoms with Gasteiger partial charge in [0.05, 0.1) is 17.1 Å². The van der Waals surface area contributed by atoms with Crippen molar-refractivity contribution in [2.75, 3.05) is 44.2 Å². The zero-order valence-electron chi connectivity index (χ0n) is 32.5. The van der Waals surface area contributed by atoms with Crippen LogP contribution in [0.15, 0.2) is 42.5 Å². The molecule has 6 nitrogen and oxygen atoms in total. The van der Waals surface area contributed by atoms with Crippen molar-refractivity contribution in [3.63, 3.8) is 0 Å². The molecule has 0 bridgehead atoms. The second-order valence-electron chi connectivity index (χ2n) is 19.5. The molecule has 5 fully saturated rings. The second-order valence-corrected chi connectivity index (χ2v) is 21.8. The van der Waals surface area contributed by atoms with E-state index in [4.69, 9.17) is 0 Å². The number of hydrogen-bond donors (Lipinski definition) is 2. The molecule has 1 aromatic carbocycles. The van der Waals surface area contributed by atoms with Gasteiger partial charge in [0.15, 0.2) is 9.84 Å². The Bertz CT molecular complexity index is 1650. The summed E-state index contributed by atoms with van der Waals surface area (Å²) in [5.41, 5.74) is 5.56. The lowest BCUT2D eigenvalue weighted by atomic mass is 9.32. The Labute approximate surface area is 309 Å². The predicted octanol–water partition coefficient (Wildman–Crippen LogP) is 8.75. The first-order valence-electron chi connectivity index (χ1n) is 20.3. The molecular weight excluding hydrogens is 653 g/mol. The van der Waals surface area contributed by atoms with Crippen molar-refractivity contribution in [3.05, 3.63) is 53.6 Å². The molecule has 282 valence electrons. The number of nitrogens with zero attached hydrogens (tertiary/aromatic N) is 1. The lowest BCUT2D eigenvalue weighted by Crippen LogP contribution is -2.65. The number of sulfone groups is 1. The van der Waals surface area contributed by atoms with Crippen molar-refractivity contribution in [2.45, 2.75) is 106 Å². The number of carbonyl (C=O) groups is 1. The lowest BCUT2D eigenvalue weighted by molar-refractivity contribution is -0.225. The lowest BCUT2D eigenvalue weighted by Gasteiger charge is -2.72. The number of carboxylic acid groups (broad SMARTS) is 1. The van der Waals surface area contributed by atoms with Gasteiger partial charge in [0, 0.05) is 19.6 Å². The fourth-order valence-electron chi connectivity index (χ4n) is 14.2. The Hall–Kier alpha value is -1.96. The number of nitrogens with one attached hydrogen (secondary N) is 1. The molecule has 0 radical (unpaired) electrons. The van der Waals surface area contributed by atoms with Gasteiger partial charge < -0.3 is 15.3 Å². The van der Waals surface area contributed by atoms with Crippen LogP contribution in [-0.4, -0.2) is 68.6 Å². The maximum atomic E-state index is 11.9. The minimum atomic E-state index is -2.83. The maximum Gasteiger partial charge on any atom is 0.335 e. The SMILES string of the molecule is C=C(C)[C@@H]1CC[C@]2(CNCCCN3CCS(=O)(=O)CC3)CC[C@]3(C)[C@H](CC[C@@H]4[C@@]5(C)CC=C(c6ccc(C(=O)O)cc6)C(C)(C)[C@@H]5CC[C@]43C)[C@@H]12. The molecule has 5 aliphatic carbocycles. The van der Waals surface area contributed by atoms with E-state index < -0.39 is 15.8 Å². The Kier molecular flexibility index (Phi) is 9.60. The predicted molar refractivity (Wildman–Crippen MR) is 208 cm³/mol. The molecule has 1 aliphatic heterocycles. The van der Waals surface area contributed by atoms with Gasteiger partial charge in [-0.3, -0.25) is 0 Å². The van der Waals surface area contributed by atoms with Gasteiger partial charge in [0.25, 0.3) is 0 Å². The summed E-state index contributed by atoms with van der Waals surface area (Å²) in [4.78, 5) is 13.9. The fraction of sp³-hybridized carbons (Fsp3) is 0.750. The van der Waals surface area contributed by atoms with Crippen LogP contribution >= 0.6 is 0 Å². The summed E-state index contributed by atoms with van der Waals surface area (Å²) in [6.07, 6.45) is 15.2. The highest BCUT2D eigenvalue weighted by Crippen LogP contribution is 2.77. The summed E-state index contributed by atoms with van der Waals surface area (Å²) in [6.45, 7) is 24.4. The van der Waals surface area contributed by atoms with Crippen LogP contribution in [0.5, 0.6) is 0 Å². The molecule has 4 saturated carbocycles.